The lowest BCUT2D eigenvalue weighted by Crippen LogP contribution is -2.05. The third-order valence-electron chi connectivity index (χ3n) is 3.31. The van der Waals surface area contributed by atoms with E-state index in [1.807, 2.05) is 31.2 Å². The van der Waals surface area contributed by atoms with E-state index in [4.69, 9.17) is 4.74 Å². The molecule has 0 spiro atoms. The van der Waals surface area contributed by atoms with Crippen molar-refractivity contribution in [1.29, 1.82) is 0 Å². The minimum atomic E-state index is -4.19. The second-order valence-electron chi connectivity index (χ2n) is 4.94. The largest absolute Gasteiger partial charge is 0.497 e. The minimum absolute atomic E-state index is 0.0176. The Balaban J connectivity index is 2.25. The monoisotopic (exact) mass is 306 g/mol. The third kappa shape index (κ3) is 4.06. The van der Waals surface area contributed by atoms with E-state index >= 15 is 0 Å². The zero-order valence-electron chi connectivity index (χ0n) is 12.0. The van der Waals surface area contributed by atoms with Gasteiger partial charge in [-0.2, -0.15) is 8.42 Å². The van der Waals surface area contributed by atoms with Crippen LogP contribution in [0.2, 0.25) is 0 Å². The van der Waals surface area contributed by atoms with Gasteiger partial charge in [0.2, 0.25) is 0 Å². The van der Waals surface area contributed by atoms with Gasteiger partial charge in [0.05, 0.1) is 12.0 Å². The summed E-state index contributed by atoms with van der Waals surface area (Å²) in [6.07, 6.45) is 1.20. The van der Waals surface area contributed by atoms with Gasteiger partial charge in [-0.1, -0.05) is 29.8 Å². The van der Waals surface area contributed by atoms with Gasteiger partial charge in [-0.3, -0.25) is 4.55 Å². The van der Waals surface area contributed by atoms with Crippen LogP contribution in [0.15, 0.2) is 47.4 Å². The van der Waals surface area contributed by atoms with Gasteiger partial charge in [-0.15, -0.1) is 0 Å². The van der Waals surface area contributed by atoms with E-state index in [0.717, 1.165) is 16.9 Å². The first kappa shape index (κ1) is 15.5. The van der Waals surface area contributed by atoms with Gasteiger partial charge in [-0.25, -0.2) is 0 Å². The molecule has 5 heteroatoms. The molecule has 0 unspecified atom stereocenters. The van der Waals surface area contributed by atoms with Gasteiger partial charge >= 0.3 is 0 Å². The zero-order valence-corrected chi connectivity index (χ0v) is 12.9. The van der Waals surface area contributed by atoms with Gasteiger partial charge in [0, 0.05) is 0 Å². The van der Waals surface area contributed by atoms with Crippen LogP contribution in [-0.4, -0.2) is 20.1 Å². The van der Waals surface area contributed by atoms with Crippen LogP contribution in [-0.2, 0) is 23.0 Å². The molecule has 0 aliphatic carbocycles. The van der Waals surface area contributed by atoms with Crippen molar-refractivity contribution < 1.29 is 17.7 Å². The molecular formula is C16H18O4S. The highest BCUT2D eigenvalue weighted by molar-refractivity contribution is 7.85. The summed E-state index contributed by atoms with van der Waals surface area (Å²) in [6.45, 7) is 1.89. The van der Waals surface area contributed by atoms with Crippen LogP contribution in [0.4, 0.5) is 0 Å². The number of methoxy groups -OCH3 is 1. The van der Waals surface area contributed by atoms with Gasteiger partial charge in [-0.05, 0) is 49.1 Å². The lowest BCUT2D eigenvalue weighted by molar-refractivity contribution is 0.414. The van der Waals surface area contributed by atoms with E-state index in [-0.39, 0.29) is 4.90 Å². The molecule has 0 saturated carbocycles. The number of benzene rings is 2. The lowest BCUT2D eigenvalue weighted by atomic mass is 10.0. The zero-order chi connectivity index (χ0) is 15.5. The van der Waals surface area contributed by atoms with Crippen LogP contribution in [0.5, 0.6) is 5.75 Å². The van der Waals surface area contributed by atoms with E-state index < -0.39 is 10.1 Å². The Morgan fingerprint density at radius 1 is 1.10 bits per heavy atom. The smallest absolute Gasteiger partial charge is 0.294 e. The normalized spacial score (nSPS) is 11.4. The van der Waals surface area contributed by atoms with Crippen molar-refractivity contribution in [1.82, 2.24) is 0 Å². The van der Waals surface area contributed by atoms with E-state index in [2.05, 4.69) is 0 Å². The topological polar surface area (TPSA) is 63.6 Å². The Labute approximate surface area is 125 Å². The summed E-state index contributed by atoms with van der Waals surface area (Å²) in [5, 5.41) is 0. The van der Waals surface area contributed by atoms with Crippen molar-refractivity contribution in [2.45, 2.75) is 24.7 Å². The molecule has 0 fully saturated rings. The van der Waals surface area contributed by atoms with Gasteiger partial charge in [0.25, 0.3) is 10.1 Å². The lowest BCUT2D eigenvalue weighted by Gasteiger charge is -2.09. The SMILES string of the molecule is COc1cccc(CCc2cc(C)ccc2S(=O)(=O)O)c1. The predicted molar refractivity (Wildman–Crippen MR) is 81.4 cm³/mol. The summed E-state index contributed by atoms with van der Waals surface area (Å²) in [7, 11) is -2.58. The standard InChI is InChI=1S/C16H18O4S/c1-12-6-9-16(21(17,18)19)14(10-12)8-7-13-4-3-5-15(11-13)20-2/h3-6,9-11H,7-8H2,1-2H3,(H,17,18,19). The molecule has 0 heterocycles. The van der Waals surface area contributed by atoms with Crippen LogP contribution in [0.1, 0.15) is 16.7 Å². The molecule has 2 aromatic carbocycles. The van der Waals surface area contributed by atoms with E-state index in [0.29, 0.717) is 18.4 Å². The Hall–Kier alpha value is -1.85. The minimum Gasteiger partial charge on any atom is -0.497 e. The highest BCUT2D eigenvalue weighted by Gasteiger charge is 2.15. The molecule has 0 aromatic heterocycles. The fourth-order valence-corrected chi connectivity index (χ4v) is 2.99. The van der Waals surface area contributed by atoms with Crippen LogP contribution < -0.4 is 4.74 Å². The second kappa shape index (κ2) is 6.28. The summed E-state index contributed by atoms with van der Waals surface area (Å²) in [6, 6.07) is 12.6. The fourth-order valence-electron chi connectivity index (χ4n) is 2.26. The Kier molecular flexibility index (Phi) is 4.65. The third-order valence-corrected chi connectivity index (χ3v) is 4.27. The van der Waals surface area contributed by atoms with Crippen LogP contribution in [0, 0.1) is 6.92 Å². The van der Waals surface area contributed by atoms with Gasteiger partial charge in [0.15, 0.2) is 0 Å². The number of rotatable bonds is 5. The maximum Gasteiger partial charge on any atom is 0.294 e. The van der Waals surface area contributed by atoms with Crippen LogP contribution in [0.25, 0.3) is 0 Å². The van der Waals surface area contributed by atoms with Crippen molar-refractivity contribution in [3.63, 3.8) is 0 Å². The molecule has 0 bridgehead atoms. The molecule has 4 nitrogen and oxygen atoms in total. The maximum atomic E-state index is 11.4. The summed E-state index contributed by atoms with van der Waals surface area (Å²) < 4.78 is 37.3. The van der Waals surface area contributed by atoms with E-state index in [1.165, 1.54) is 6.07 Å². The summed E-state index contributed by atoms with van der Waals surface area (Å²) in [5.74, 6) is 0.770. The van der Waals surface area contributed by atoms with Crippen molar-refractivity contribution in [2.24, 2.45) is 0 Å². The number of ether oxygens (including phenoxy) is 1. The van der Waals surface area contributed by atoms with E-state index in [9.17, 15) is 13.0 Å². The molecule has 112 valence electrons. The molecule has 2 aromatic rings. The first-order valence-corrected chi connectivity index (χ1v) is 8.04. The summed E-state index contributed by atoms with van der Waals surface area (Å²) in [5.41, 5.74) is 2.64. The highest BCUT2D eigenvalue weighted by atomic mass is 32.2. The van der Waals surface area contributed by atoms with Crippen molar-refractivity contribution in [2.75, 3.05) is 7.11 Å². The predicted octanol–water partition coefficient (Wildman–Crippen LogP) is 3.04. The van der Waals surface area contributed by atoms with Crippen LogP contribution >= 0.6 is 0 Å². The average Bonchev–Trinajstić information content (AvgIpc) is 2.44. The van der Waals surface area contributed by atoms with Gasteiger partial charge in [0.1, 0.15) is 5.75 Å². The molecule has 0 saturated heterocycles. The average molecular weight is 306 g/mol. The number of hydrogen-bond donors (Lipinski definition) is 1. The summed E-state index contributed by atoms with van der Waals surface area (Å²) >= 11 is 0. The molecular weight excluding hydrogens is 288 g/mol. The Bertz CT molecular complexity index is 736. The number of aryl methyl sites for hydroxylation is 3. The molecule has 0 atom stereocenters. The quantitative estimate of drug-likeness (QED) is 0.862. The second-order valence-corrected chi connectivity index (χ2v) is 6.33. The summed E-state index contributed by atoms with van der Waals surface area (Å²) in [4.78, 5) is -0.0176. The molecule has 2 rings (SSSR count). The van der Waals surface area contributed by atoms with Crippen molar-refractivity contribution >= 4 is 10.1 Å². The first-order chi connectivity index (χ1) is 9.90. The number of hydrogen-bond acceptors (Lipinski definition) is 3. The molecule has 0 amide bonds. The van der Waals surface area contributed by atoms with Crippen molar-refractivity contribution in [3.8, 4) is 5.75 Å². The highest BCUT2D eigenvalue weighted by Crippen LogP contribution is 2.20. The molecule has 1 N–H and O–H groups in total. The molecule has 21 heavy (non-hydrogen) atoms. The molecule has 0 aliphatic rings. The fraction of sp³-hybridized carbons (Fsp3) is 0.250. The molecule has 0 radical (unpaired) electrons. The maximum absolute atomic E-state index is 11.4. The van der Waals surface area contributed by atoms with E-state index in [1.54, 1.807) is 19.2 Å². The Morgan fingerprint density at radius 2 is 1.86 bits per heavy atom. The van der Waals surface area contributed by atoms with Crippen molar-refractivity contribution in [3.05, 3.63) is 59.2 Å². The van der Waals surface area contributed by atoms with Gasteiger partial charge < -0.3 is 4.74 Å². The Morgan fingerprint density at radius 3 is 2.52 bits per heavy atom. The molecule has 0 aliphatic heterocycles. The first-order valence-electron chi connectivity index (χ1n) is 6.60. The van der Waals surface area contributed by atoms with Crippen LogP contribution in [0.3, 0.4) is 0 Å².